The number of urea groups is 1. The van der Waals surface area contributed by atoms with Gasteiger partial charge in [-0.2, -0.15) is 0 Å². The molecule has 1 N–H and O–H groups in total. The highest BCUT2D eigenvalue weighted by Gasteiger charge is 2.49. The predicted octanol–water partition coefficient (Wildman–Crippen LogP) is 5.06. The molecule has 0 aromatic heterocycles. The van der Waals surface area contributed by atoms with Crippen LogP contribution in [0.5, 0.6) is 0 Å². The standard InChI is InChI=1S/C22H24ClN3O2S/c1-15-3-6-18(13-16(15)2)24-21(28)25-11-9-22(10-12-25)26(20(27)14-29-22)19-7-4-17(23)5-8-19/h3-8,13H,9-12,14H2,1-2H3,(H,24,28). The van der Waals surface area contributed by atoms with Crippen LogP contribution in [-0.2, 0) is 4.79 Å². The molecule has 4 rings (SSSR count). The number of rotatable bonds is 2. The van der Waals surface area contributed by atoms with Gasteiger partial charge < -0.3 is 10.2 Å². The highest BCUT2D eigenvalue weighted by Crippen LogP contribution is 2.46. The molecule has 2 saturated heterocycles. The number of carbonyl (C=O) groups excluding carboxylic acids is 2. The summed E-state index contributed by atoms with van der Waals surface area (Å²) in [5.74, 6) is 0.586. The first-order valence-electron chi connectivity index (χ1n) is 9.74. The quantitative estimate of drug-likeness (QED) is 0.725. The Kier molecular flexibility index (Phi) is 5.49. The van der Waals surface area contributed by atoms with E-state index in [1.54, 1.807) is 11.8 Å². The third kappa shape index (κ3) is 3.96. The first-order chi connectivity index (χ1) is 13.9. The van der Waals surface area contributed by atoms with E-state index in [1.807, 2.05) is 59.2 Å². The van der Waals surface area contributed by atoms with E-state index < -0.39 is 0 Å². The summed E-state index contributed by atoms with van der Waals surface area (Å²) < 4.78 is 0. The molecule has 5 nitrogen and oxygen atoms in total. The van der Waals surface area contributed by atoms with Crippen molar-refractivity contribution < 1.29 is 9.59 Å². The molecule has 7 heteroatoms. The molecule has 2 aromatic carbocycles. The number of carbonyl (C=O) groups is 2. The summed E-state index contributed by atoms with van der Waals surface area (Å²) >= 11 is 7.70. The van der Waals surface area contributed by atoms with Crippen LogP contribution in [0.15, 0.2) is 42.5 Å². The summed E-state index contributed by atoms with van der Waals surface area (Å²) in [6.45, 7) is 5.31. The van der Waals surface area contributed by atoms with E-state index in [9.17, 15) is 9.59 Å². The van der Waals surface area contributed by atoms with Crippen molar-refractivity contribution in [2.75, 3.05) is 29.1 Å². The van der Waals surface area contributed by atoms with Crippen molar-refractivity contribution in [2.24, 2.45) is 0 Å². The Bertz CT molecular complexity index is 940. The summed E-state index contributed by atoms with van der Waals surface area (Å²) in [7, 11) is 0. The zero-order valence-electron chi connectivity index (χ0n) is 16.6. The minimum atomic E-state index is -0.290. The highest BCUT2D eigenvalue weighted by molar-refractivity contribution is 8.02. The predicted molar refractivity (Wildman–Crippen MR) is 120 cm³/mol. The molecule has 1 spiro atoms. The molecule has 0 unspecified atom stereocenters. The molecule has 2 aliphatic heterocycles. The second-order valence-electron chi connectivity index (χ2n) is 7.66. The van der Waals surface area contributed by atoms with E-state index in [-0.39, 0.29) is 16.8 Å². The molecule has 0 aliphatic carbocycles. The van der Waals surface area contributed by atoms with Crippen molar-refractivity contribution in [3.63, 3.8) is 0 Å². The van der Waals surface area contributed by atoms with Gasteiger partial charge in [-0.3, -0.25) is 9.69 Å². The summed E-state index contributed by atoms with van der Waals surface area (Å²) in [5, 5.41) is 3.65. The number of thioether (sulfide) groups is 1. The van der Waals surface area contributed by atoms with Gasteiger partial charge in [0.25, 0.3) is 0 Å². The third-order valence-electron chi connectivity index (χ3n) is 5.80. The maximum atomic E-state index is 12.7. The van der Waals surface area contributed by atoms with Crippen LogP contribution in [0.4, 0.5) is 16.2 Å². The number of anilines is 2. The van der Waals surface area contributed by atoms with E-state index in [0.717, 1.165) is 29.8 Å². The molecule has 0 radical (unpaired) electrons. The summed E-state index contributed by atoms with van der Waals surface area (Å²) in [6.07, 6.45) is 1.48. The number of likely N-dealkylation sites (tertiary alicyclic amines) is 1. The number of piperidine rings is 1. The van der Waals surface area contributed by atoms with Crippen LogP contribution >= 0.6 is 23.4 Å². The largest absolute Gasteiger partial charge is 0.324 e. The Balaban J connectivity index is 1.44. The smallest absolute Gasteiger partial charge is 0.321 e. The van der Waals surface area contributed by atoms with Crippen molar-refractivity contribution in [2.45, 2.75) is 31.6 Å². The first kappa shape index (κ1) is 20.1. The van der Waals surface area contributed by atoms with Gasteiger partial charge in [-0.1, -0.05) is 17.7 Å². The lowest BCUT2D eigenvalue weighted by Crippen LogP contribution is -2.53. The van der Waals surface area contributed by atoms with Crippen LogP contribution in [0.3, 0.4) is 0 Å². The van der Waals surface area contributed by atoms with Gasteiger partial charge in [0.15, 0.2) is 0 Å². The zero-order valence-corrected chi connectivity index (χ0v) is 18.1. The maximum Gasteiger partial charge on any atom is 0.321 e. The fraction of sp³-hybridized carbons (Fsp3) is 0.364. The number of benzene rings is 2. The Morgan fingerprint density at radius 1 is 1.07 bits per heavy atom. The fourth-order valence-electron chi connectivity index (χ4n) is 3.97. The van der Waals surface area contributed by atoms with Gasteiger partial charge in [-0.15, -0.1) is 11.8 Å². The molecule has 2 aliphatic rings. The highest BCUT2D eigenvalue weighted by atomic mass is 35.5. The van der Waals surface area contributed by atoms with E-state index >= 15 is 0 Å². The maximum absolute atomic E-state index is 12.7. The number of hydrogen-bond acceptors (Lipinski definition) is 3. The molecule has 2 aromatic rings. The van der Waals surface area contributed by atoms with E-state index in [0.29, 0.717) is 23.9 Å². The summed E-state index contributed by atoms with van der Waals surface area (Å²) in [4.78, 5) is 28.8. The minimum Gasteiger partial charge on any atom is -0.324 e. The molecule has 2 heterocycles. The number of hydrogen-bond donors (Lipinski definition) is 1. The van der Waals surface area contributed by atoms with Crippen LogP contribution in [0.25, 0.3) is 0 Å². The molecule has 3 amide bonds. The van der Waals surface area contributed by atoms with Crippen LogP contribution < -0.4 is 10.2 Å². The van der Waals surface area contributed by atoms with E-state index in [1.165, 1.54) is 5.56 Å². The van der Waals surface area contributed by atoms with Crippen molar-refractivity contribution in [3.8, 4) is 0 Å². The SMILES string of the molecule is Cc1ccc(NC(=O)N2CCC3(CC2)SCC(=O)N3c2ccc(Cl)cc2)cc1C. The average molecular weight is 430 g/mol. The van der Waals surface area contributed by atoms with Gasteiger partial charge in [0, 0.05) is 29.5 Å². The van der Waals surface area contributed by atoms with Crippen LogP contribution in [0, 0.1) is 13.8 Å². The topological polar surface area (TPSA) is 52.7 Å². The third-order valence-corrected chi connectivity index (χ3v) is 7.57. The van der Waals surface area contributed by atoms with E-state index in [4.69, 9.17) is 11.6 Å². The zero-order chi connectivity index (χ0) is 20.6. The minimum absolute atomic E-state index is 0.0875. The van der Waals surface area contributed by atoms with Gasteiger partial charge in [-0.25, -0.2) is 4.79 Å². The van der Waals surface area contributed by atoms with E-state index in [2.05, 4.69) is 12.2 Å². The number of amides is 3. The lowest BCUT2D eigenvalue weighted by Gasteiger charge is -2.43. The number of nitrogens with one attached hydrogen (secondary N) is 1. The lowest BCUT2D eigenvalue weighted by molar-refractivity contribution is -0.116. The molecular formula is C22H24ClN3O2S. The first-order valence-corrected chi connectivity index (χ1v) is 11.1. The van der Waals surface area contributed by atoms with Gasteiger partial charge in [-0.05, 0) is 74.2 Å². The second-order valence-corrected chi connectivity index (χ2v) is 9.43. The molecule has 152 valence electrons. The Morgan fingerprint density at radius 2 is 1.76 bits per heavy atom. The molecular weight excluding hydrogens is 406 g/mol. The second kappa shape index (κ2) is 7.92. The van der Waals surface area contributed by atoms with Crippen LogP contribution in [0.1, 0.15) is 24.0 Å². The van der Waals surface area contributed by atoms with Gasteiger partial charge in [0.2, 0.25) is 5.91 Å². The van der Waals surface area contributed by atoms with Crippen LogP contribution in [0.2, 0.25) is 5.02 Å². The van der Waals surface area contributed by atoms with Crippen molar-refractivity contribution >= 4 is 46.7 Å². The molecule has 0 bridgehead atoms. The number of nitrogens with zero attached hydrogens (tertiary/aromatic N) is 2. The van der Waals surface area contributed by atoms with Gasteiger partial charge in [0.05, 0.1) is 10.6 Å². The Labute approximate surface area is 180 Å². The summed E-state index contributed by atoms with van der Waals surface area (Å²) in [5.41, 5.74) is 4.04. The normalized spacial score (nSPS) is 18.4. The lowest BCUT2D eigenvalue weighted by atomic mass is 10.0. The molecule has 2 fully saturated rings. The molecule has 29 heavy (non-hydrogen) atoms. The van der Waals surface area contributed by atoms with Gasteiger partial charge >= 0.3 is 6.03 Å². The molecule has 0 saturated carbocycles. The van der Waals surface area contributed by atoms with Gasteiger partial charge in [0.1, 0.15) is 0 Å². The fourth-order valence-corrected chi connectivity index (χ4v) is 5.43. The van der Waals surface area contributed by atoms with Crippen molar-refractivity contribution in [3.05, 3.63) is 58.6 Å². The Hall–Kier alpha value is -2.18. The van der Waals surface area contributed by atoms with Crippen molar-refractivity contribution in [1.29, 1.82) is 0 Å². The van der Waals surface area contributed by atoms with Crippen molar-refractivity contribution in [1.82, 2.24) is 4.90 Å². The molecule has 0 atom stereocenters. The Morgan fingerprint density at radius 3 is 2.41 bits per heavy atom. The summed E-state index contributed by atoms with van der Waals surface area (Å²) in [6, 6.07) is 13.3. The van der Waals surface area contributed by atoms with Crippen LogP contribution in [-0.4, -0.2) is 40.6 Å². The number of aryl methyl sites for hydroxylation is 2. The monoisotopic (exact) mass is 429 g/mol. The number of halogens is 1. The average Bonchev–Trinajstić information content (AvgIpc) is 3.02.